The Labute approximate surface area is 159 Å². The molecule has 26 heavy (non-hydrogen) atoms. The number of hydrogen-bond donors (Lipinski definition) is 2. The maximum absolute atomic E-state index is 12.2. The Bertz CT molecular complexity index is 450. The highest BCUT2D eigenvalue weighted by atomic mass is 16.4. The molecule has 0 aliphatic carbocycles. The number of carboxylic acids is 1. The number of nitrogens with one attached hydrogen (secondary N) is 1. The normalized spacial score (nSPS) is 13.5. The zero-order valence-electron chi connectivity index (χ0n) is 18.3. The average Bonchev–Trinajstić information content (AvgIpc) is 2.42. The largest absolute Gasteiger partial charge is 0.480 e. The van der Waals surface area contributed by atoms with E-state index in [1.54, 1.807) is 13.8 Å². The molecule has 154 valence electrons. The fourth-order valence-corrected chi connectivity index (χ4v) is 2.65. The van der Waals surface area contributed by atoms with Gasteiger partial charge in [-0.05, 0) is 23.7 Å². The lowest BCUT2D eigenvalue weighted by Gasteiger charge is -2.30. The summed E-state index contributed by atoms with van der Waals surface area (Å²) in [5, 5.41) is 11.8. The van der Waals surface area contributed by atoms with Crippen LogP contribution in [0.3, 0.4) is 0 Å². The predicted molar refractivity (Wildman–Crippen MR) is 106 cm³/mol. The zero-order valence-corrected chi connectivity index (χ0v) is 18.3. The summed E-state index contributed by atoms with van der Waals surface area (Å²) in [6, 6.07) is -0.894. The van der Waals surface area contributed by atoms with Crippen LogP contribution in [0.15, 0.2) is 0 Å². The van der Waals surface area contributed by atoms with Crippen LogP contribution in [0.25, 0.3) is 0 Å². The summed E-state index contributed by atoms with van der Waals surface area (Å²) in [7, 11) is 1.45. The van der Waals surface area contributed by atoms with Crippen molar-refractivity contribution in [3.63, 3.8) is 0 Å². The minimum atomic E-state index is -1.04. The summed E-state index contributed by atoms with van der Waals surface area (Å²) in [6.07, 6.45) is 0.684. The molecule has 0 aliphatic rings. The molecular weight excluding hydrogens is 332 g/mol. The van der Waals surface area contributed by atoms with Crippen molar-refractivity contribution in [1.82, 2.24) is 10.2 Å². The molecular formula is C20H40N2O4. The van der Waals surface area contributed by atoms with Crippen LogP contribution in [0.4, 0.5) is 0 Å². The first kappa shape index (κ1) is 26.6. The van der Waals surface area contributed by atoms with Crippen molar-refractivity contribution < 1.29 is 19.5 Å². The Kier molecular flexibility index (Phi) is 12.2. The molecule has 0 rings (SSSR count). The van der Waals surface area contributed by atoms with Crippen LogP contribution in [0.1, 0.15) is 68.7 Å². The monoisotopic (exact) mass is 372 g/mol. The molecule has 6 nitrogen and oxygen atoms in total. The van der Waals surface area contributed by atoms with Crippen molar-refractivity contribution in [2.45, 2.75) is 74.8 Å². The number of rotatable bonds is 7. The van der Waals surface area contributed by atoms with Gasteiger partial charge in [0.15, 0.2) is 0 Å². The van der Waals surface area contributed by atoms with E-state index in [1.807, 2.05) is 27.7 Å². The molecule has 0 aromatic carbocycles. The van der Waals surface area contributed by atoms with Gasteiger partial charge in [0.25, 0.3) is 0 Å². The van der Waals surface area contributed by atoms with Crippen LogP contribution in [0.2, 0.25) is 0 Å². The van der Waals surface area contributed by atoms with E-state index in [-0.39, 0.29) is 29.7 Å². The number of carbonyl (C=O) groups excluding carboxylic acids is 2. The quantitative estimate of drug-likeness (QED) is 0.717. The lowest BCUT2D eigenvalue weighted by Crippen LogP contribution is -2.50. The SMILES string of the molecule is CC(C)C.CC[C@H](C(=O)NCC(=O)N(C)[C@H](C(=O)O)C(C)C)C(C)(C)C. The molecule has 0 aliphatic heterocycles. The third-order valence-electron chi connectivity index (χ3n) is 3.88. The van der Waals surface area contributed by atoms with E-state index in [1.165, 1.54) is 11.9 Å². The van der Waals surface area contributed by atoms with Crippen LogP contribution < -0.4 is 5.32 Å². The second kappa shape index (κ2) is 11.9. The maximum Gasteiger partial charge on any atom is 0.326 e. The number of carboxylic acid groups (broad SMARTS) is 1. The van der Waals surface area contributed by atoms with E-state index in [9.17, 15) is 19.5 Å². The third kappa shape index (κ3) is 10.4. The number of carbonyl (C=O) groups is 3. The van der Waals surface area contributed by atoms with Crippen molar-refractivity contribution in [3.8, 4) is 0 Å². The molecule has 6 heteroatoms. The van der Waals surface area contributed by atoms with Gasteiger partial charge < -0.3 is 15.3 Å². The minimum Gasteiger partial charge on any atom is -0.480 e. The predicted octanol–water partition coefficient (Wildman–Crippen LogP) is 3.40. The summed E-state index contributed by atoms with van der Waals surface area (Å²) >= 11 is 0. The van der Waals surface area contributed by atoms with Gasteiger partial charge in [0.2, 0.25) is 11.8 Å². The molecule has 0 bridgehead atoms. The maximum atomic E-state index is 12.2. The number of amides is 2. The van der Waals surface area contributed by atoms with Crippen LogP contribution in [-0.4, -0.2) is 47.4 Å². The Hall–Kier alpha value is -1.59. The smallest absolute Gasteiger partial charge is 0.326 e. The zero-order chi connectivity index (χ0) is 21.2. The van der Waals surface area contributed by atoms with E-state index in [0.29, 0.717) is 6.42 Å². The van der Waals surface area contributed by atoms with Gasteiger partial charge in [0, 0.05) is 13.0 Å². The molecule has 0 saturated heterocycles. The molecule has 0 heterocycles. The Morgan fingerprint density at radius 1 is 1.04 bits per heavy atom. The highest BCUT2D eigenvalue weighted by Crippen LogP contribution is 2.28. The molecule has 0 radical (unpaired) electrons. The Morgan fingerprint density at radius 3 is 1.73 bits per heavy atom. The minimum absolute atomic E-state index is 0.173. The first-order chi connectivity index (χ1) is 11.7. The van der Waals surface area contributed by atoms with Gasteiger partial charge in [-0.2, -0.15) is 0 Å². The van der Waals surface area contributed by atoms with Crippen molar-refractivity contribution in [1.29, 1.82) is 0 Å². The molecule has 0 aromatic rings. The summed E-state index contributed by atoms with van der Waals surface area (Å²) in [5.41, 5.74) is -0.185. The summed E-state index contributed by atoms with van der Waals surface area (Å²) in [5.74, 6) is -1.18. The lowest BCUT2D eigenvalue weighted by atomic mass is 9.78. The van der Waals surface area contributed by atoms with Crippen LogP contribution >= 0.6 is 0 Å². The molecule has 0 unspecified atom stereocenters. The number of aliphatic carboxylic acids is 1. The van der Waals surface area contributed by atoms with E-state index in [4.69, 9.17) is 0 Å². The van der Waals surface area contributed by atoms with Crippen molar-refractivity contribution >= 4 is 17.8 Å². The van der Waals surface area contributed by atoms with Gasteiger partial charge in [0.1, 0.15) is 6.04 Å². The standard InChI is InChI=1S/C16H30N2O4.C4H10/c1-8-11(16(4,5)6)14(20)17-9-12(19)18(7)13(10(2)3)15(21)22;1-4(2)3/h10-11,13H,8-9H2,1-7H3,(H,17,20)(H,21,22);4H,1-3H3/t11-,13+;/m1./s1. The molecule has 0 spiro atoms. The highest BCUT2D eigenvalue weighted by Gasteiger charge is 2.32. The Balaban J connectivity index is 0. The molecule has 0 saturated carbocycles. The van der Waals surface area contributed by atoms with Gasteiger partial charge in [-0.1, -0.05) is 62.3 Å². The first-order valence-electron chi connectivity index (χ1n) is 9.42. The van der Waals surface area contributed by atoms with Crippen molar-refractivity contribution in [2.75, 3.05) is 13.6 Å². The van der Waals surface area contributed by atoms with Crippen LogP contribution in [-0.2, 0) is 14.4 Å². The number of hydrogen-bond acceptors (Lipinski definition) is 3. The van der Waals surface area contributed by atoms with E-state index >= 15 is 0 Å². The van der Waals surface area contributed by atoms with Gasteiger partial charge in [0.05, 0.1) is 6.54 Å². The van der Waals surface area contributed by atoms with Crippen LogP contribution in [0.5, 0.6) is 0 Å². The summed E-state index contributed by atoms with van der Waals surface area (Å²) in [4.78, 5) is 36.7. The lowest BCUT2D eigenvalue weighted by molar-refractivity contribution is -0.150. The number of nitrogens with zero attached hydrogens (tertiary/aromatic N) is 1. The van der Waals surface area contributed by atoms with E-state index < -0.39 is 17.9 Å². The van der Waals surface area contributed by atoms with Gasteiger partial charge in [-0.15, -0.1) is 0 Å². The summed E-state index contributed by atoms with van der Waals surface area (Å²) < 4.78 is 0. The fourth-order valence-electron chi connectivity index (χ4n) is 2.65. The highest BCUT2D eigenvalue weighted by molar-refractivity contribution is 5.88. The fraction of sp³-hybridized carbons (Fsp3) is 0.850. The average molecular weight is 373 g/mol. The number of likely N-dealkylation sites (N-methyl/N-ethyl adjacent to an activating group) is 1. The second-order valence-electron chi connectivity index (χ2n) is 8.81. The van der Waals surface area contributed by atoms with Crippen molar-refractivity contribution in [3.05, 3.63) is 0 Å². The second-order valence-corrected chi connectivity index (χ2v) is 8.81. The molecule has 0 aromatic heterocycles. The Morgan fingerprint density at radius 2 is 1.46 bits per heavy atom. The third-order valence-corrected chi connectivity index (χ3v) is 3.88. The van der Waals surface area contributed by atoms with Gasteiger partial charge in [-0.3, -0.25) is 9.59 Å². The van der Waals surface area contributed by atoms with E-state index in [0.717, 1.165) is 5.92 Å². The first-order valence-corrected chi connectivity index (χ1v) is 9.42. The van der Waals surface area contributed by atoms with Crippen molar-refractivity contribution in [2.24, 2.45) is 23.2 Å². The molecule has 2 N–H and O–H groups in total. The van der Waals surface area contributed by atoms with Gasteiger partial charge in [-0.25, -0.2) is 4.79 Å². The summed E-state index contributed by atoms with van der Waals surface area (Å²) in [6.45, 7) is 17.7. The molecule has 2 atom stereocenters. The van der Waals surface area contributed by atoms with Crippen LogP contribution in [0, 0.1) is 23.2 Å². The van der Waals surface area contributed by atoms with Gasteiger partial charge >= 0.3 is 5.97 Å². The molecule has 0 fully saturated rings. The molecule has 2 amide bonds. The topological polar surface area (TPSA) is 86.7 Å². The van der Waals surface area contributed by atoms with E-state index in [2.05, 4.69) is 26.1 Å².